The SMILES string of the molecule is C[C@H]1c2ncc(COCc3ccncc3)n2CCN1C(=O)c1ccoc1. The third kappa shape index (κ3) is 3.13. The van der Waals surface area contributed by atoms with Gasteiger partial charge in [-0.05, 0) is 30.7 Å². The molecule has 0 unspecified atom stereocenters. The predicted molar refractivity (Wildman–Crippen MR) is 93.1 cm³/mol. The Hall–Kier alpha value is -2.93. The molecule has 7 heteroatoms. The van der Waals surface area contributed by atoms with Crippen LogP contribution in [0.15, 0.2) is 53.7 Å². The van der Waals surface area contributed by atoms with Gasteiger partial charge in [-0.2, -0.15) is 0 Å². The van der Waals surface area contributed by atoms with Crippen LogP contribution in [0.2, 0.25) is 0 Å². The summed E-state index contributed by atoms with van der Waals surface area (Å²) >= 11 is 0. The van der Waals surface area contributed by atoms with Crippen molar-refractivity contribution in [2.45, 2.75) is 32.7 Å². The van der Waals surface area contributed by atoms with E-state index in [0.717, 1.165) is 17.1 Å². The standard InChI is InChI=1S/C19H20N4O3/c1-14-18-21-10-17(13-26-11-15-2-5-20-6-3-15)23(18)8-7-22(14)19(24)16-4-9-25-12-16/h2-6,9-10,12,14H,7-8,11,13H2,1H3/t14-/m0/s1. The maximum atomic E-state index is 12.6. The van der Waals surface area contributed by atoms with E-state index < -0.39 is 0 Å². The fourth-order valence-corrected chi connectivity index (χ4v) is 3.26. The van der Waals surface area contributed by atoms with Crippen LogP contribution in [0.25, 0.3) is 0 Å². The van der Waals surface area contributed by atoms with E-state index in [1.54, 1.807) is 18.5 Å². The second-order valence-electron chi connectivity index (χ2n) is 6.29. The molecule has 4 rings (SSSR count). The second kappa shape index (κ2) is 7.13. The lowest BCUT2D eigenvalue weighted by Gasteiger charge is -2.34. The molecule has 1 atom stereocenters. The molecule has 1 amide bonds. The average molecular weight is 352 g/mol. The Balaban J connectivity index is 1.43. The summed E-state index contributed by atoms with van der Waals surface area (Å²) in [5, 5.41) is 0. The number of nitrogens with zero attached hydrogens (tertiary/aromatic N) is 4. The van der Waals surface area contributed by atoms with Crippen LogP contribution < -0.4 is 0 Å². The van der Waals surface area contributed by atoms with E-state index in [9.17, 15) is 4.79 Å². The number of carbonyl (C=O) groups is 1. The van der Waals surface area contributed by atoms with Gasteiger partial charge in [-0.3, -0.25) is 9.78 Å². The molecule has 0 aliphatic carbocycles. The molecule has 1 aliphatic heterocycles. The lowest BCUT2D eigenvalue weighted by atomic mass is 10.1. The van der Waals surface area contributed by atoms with Crippen LogP contribution >= 0.6 is 0 Å². The van der Waals surface area contributed by atoms with Crippen molar-refractivity contribution in [3.05, 3.63) is 72.0 Å². The molecule has 0 saturated carbocycles. The van der Waals surface area contributed by atoms with Crippen LogP contribution in [-0.2, 0) is 24.5 Å². The van der Waals surface area contributed by atoms with Crippen LogP contribution in [0, 0.1) is 0 Å². The molecular weight excluding hydrogens is 332 g/mol. The monoisotopic (exact) mass is 352 g/mol. The molecule has 0 fully saturated rings. The lowest BCUT2D eigenvalue weighted by Crippen LogP contribution is -2.41. The lowest BCUT2D eigenvalue weighted by molar-refractivity contribution is 0.0624. The molecule has 0 bridgehead atoms. The molecule has 3 aromatic rings. The van der Waals surface area contributed by atoms with Crippen LogP contribution in [0.4, 0.5) is 0 Å². The second-order valence-corrected chi connectivity index (χ2v) is 6.29. The molecule has 0 spiro atoms. The Morgan fingerprint density at radius 1 is 1.27 bits per heavy atom. The van der Waals surface area contributed by atoms with Gasteiger partial charge in [-0.1, -0.05) is 0 Å². The number of carbonyl (C=O) groups excluding carboxylic acids is 1. The smallest absolute Gasteiger partial charge is 0.257 e. The normalized spacial score (nSPS) is 16.5. The minimum atomic E-state index is -0.0971. The molecule has 134 valence electrons. The number of pyridine rings is 1. The highest BCUT2D eigenvalue weighted by Crippen LogP contribution is 2.27. The Kier molecular flexibility index (Phi) is 4.53. The molecule has 0 aromatic carbocycles. The summed E-state index contributed by atoms with van der Waals surface area (Å²) in [6.45, 7) is 4.35. The fraction of sp³-hybridized carbons (Fsp3) is 0.316. The number of furan rings is 1. The number of hydrogen-bond acceptors (Lipinski definition) is 5. The Morgan fingerprint density at radius 2 is 2.12 bits per heavy atom. The summed E-state index contributed by atoms with van der Waals surface area (Å²) in [5.74, 6) is 0.853. The van der Waals surface area contributed by atoms with E-state index in [-0.39, 0.29) is 11.9 Å². The highest BCUT2D eigenvalue weighted by atomic mass is 16.5. The Labute approximate surface area is 151 Å². The first-order valence-electron chi connectivity index (χ1n) is 8.58. The van der Waals surface area contributed by atoms with Crippen molar-refractivity contribution < 1.29 is 13.9 Å². The van der Waals surface area contributed by atoms with Crippen LogP contribution in [0.3, 0.4) is 0 Å². The average Bonchev–Trinajstić information content (AvgIpc) is 3.33. The highest BCUT2D eigenvalue weighted by Gasteiger charge is 2.31. The zero-order valence-corrected chi connectivity index (χ0v) is 14.5. The molecule has 4 heterocycles. The van der Waals surface area contributed by atoms with Crippen molar-refractivity contribution in [2.75, 3.05) is 6.54 Å². The first kappa shape index (κ1) is 16.5. The Morgan fingerprint density at radius 3 is 2.88 bits per heavy atom. The summed E-state index contributed by atoms with van der Waals surface area (Å²) in [5.41, 5.74) is 2.68. The quantitative estimate of drug-likeness (QED) is 0.706. The minimum Gasteiger partial charge on any atom is -0.472 e. The van der Waals surface area contributed by atoms with Crippen molar-refractivity contribution >= 4 is 5.91 Å². The molecule has 1 aliphatic rings. The first-order chi connectivity index (χ1) is 12.7. The predicted octanol–water partition coefficient (Wildman–Crippen LogP) is 2.80. The van der Waals surface area contributed by atoms with Crippen LogP contribution in [0.1, 0.15) is 40.4 Å². The van der Waals surface area contributed by atoms with Gasteiger partial charge in [0.1, 0.15) is 12.1 Å². The zero-order valence-electron chi connectivity index (χ0n) is 14.5. The van der Waals surface area contributed by atoms with Gasteiger partial charge >= 0.3 is 0 Å². The summed E-state index contributed by atoms with van der Waals surface area (Å²) < 4.78 is 13.0. The zero-order chi connectivity index (χ0) is 17.9. The van der Waals surface area contributed by atoms with Gasteiger partial charge in [-0.25, -0.2) is 4.98 Å². The number of amides is 1. The van der Waals surface area contributed by atoms with E-state index in [0.29, 0.717) is 31.9 Å². The van der Waals surface area contributed by atoms with Gasteiger partial charge in [0.25, 0.3) is 5.91 Å². The van der Waals surface area contributed by atoms with Crippen LogP contribution in [0.5, 0.6) is 0 Å². The molecule has 0 radical (unpaired) electrons. The van der Waals surface area contributed by atoms with Gasteiger partial charge in [0.05, 0.1) is 43.0 Å². The summed E-state index contributed by atoms with van der Waals surface area (Å²) in [7, 11) is 0. The first-order valence-corrected chi connectivity index (χ1v) is 8.58. The summed E-state index contributed by atoms with van der Waals surface area (Å²) in [4.78, 5) is 23.0. The molecule has 0 N–H and O–H groups in total. The van der Waals surface area contributed by atoms with E-state index in [1.807, 2.05) is 30.2 Å². The Bertz CT molecular complexity index is 874. The van der Waals surface area contributed by atoms with Crippen molar-refractivity contribution in [1.82, 2.24) is 19.4 Å². The number of fused-ring (bicyclic) bond motifs is 1. The van der Waals surface area contributed by atoms with Gasteiger partial charge in [0, 0.05) is 25.5 Å². The van der Waals surface area contributed by atoms with Gasteiger partial charge in [0.2, 0.25) is 0 Å². The fourth-order valence-electron chi connectivity index (χ4n) is 3.26. The van der Waals surface area contributed by atoms with Crippen LogP contribution in [-0.4, -0.2) is 31.9 Å². The van der Waals surface area contributed by atoms with Crippen molar-refractivity contribution in [3.63, 3.8) is 0 Å². The van der Waals surface area contributed by atoms with Crippen molar-refractivity contribution in [3.8, 4) is 0 Å². The maximum absolute atomic E-state index is 12.6. The maximum Gasteiger partial charge on any atom is 0.257 e. The molecule has 26 heavy (non-hydrogen) atoms. The number of hydrogen-bond donors (Lipinski definition) is 0. The van der Waals surface area contributed by atoms with Gasteiger partial charge < -0.3 is 18.6 Å². The third-order valence-electron chi connectivity index (χ3n) is 4.67. The number of rotatable bonds is 5. The number of imidazole rings is 1. The molecule has 7 nitrogen and oxygen atoms in total. The highest BCUT2D eigenvalue weighted by molar-refractivity contribution is 5.94. The minimum absolute atomic E-state index is 0.0315. The van der Waals surface area contributed by atoms with E-state index in [4.69, 9.17) is 9.15 Å². The number of aromatic nitrogens is 3. The summed E-state index contributed by atoms with van der Waals surface area (Å²) in [6, 6.07) is 5.47. The molecule has 3 aromatic heterocycles. The van der Waals surface area contributed by atoms with E-state index >= 15 is 0 Å². The van der Waals surface area contributed by atoms with Crippen molar-refractivity contribution in [1.29, 1.82) is 0 Å². The molecule has 0 saturated heterocycles. The molecular formula is C19H20N4O3. The van der Waals surface area contributed by atoms with E-state index in [2.05, 4.69) is 14.5 Å². The van der Waals surface area contributed by atoms with Gasteiger partial charge in [0.15, 0.2) is 0 Å². The van der Waals surface area contributed by atoms with E-state index in [1.165, 1.54) is 12.5 Å². The van der Waals surface area contributed by atoms with Gasteiger partial charge in [-0.15, -0.1) is 0 Å². The summed E-state index contributed by atoms with van der Waals surface area (Å²) in [6.07, 6.45) is 8.35. The third-order valence-corrected chi connectivity index (χ3v) is 4.67. The number of ether oxygens (including phenoxy) is 1. The largest absolute Gasteiger partial charge is 0.472 e. The topological polar surface area (TPSA) is 73.4 Å². The van der Waals surface area contributed by atoms with Crippen molar-refractivity contribution in [2.24, 2.45) is 0 Å².